The number of hydrogen-bond donors (Lipinski definition) is 2. The molecule has 0 saturated carbocycles. The van der Waals surface area contributed by atoms with E-state index in [2.05, 4.69) is 17.3 Å². The van der Waals surface area contributed by atoms with Gasteiger partial charge in [-0.15, -0.1) is 0 Å². The summed E-state index contributed by atoms with van der Waals surface area (Å²) in [5, 5.41) is 12.0. The van der Waals surface area contributed by atoms with Gasteiger partial charge in [-0.3, -0.25) is 0 Å². The molecule has 120 valence electrons. The molecule has 7 nitrogen and oxygen atoms in total. The molecule has 7 heteroatoms. The number of rotatable bonds is 4. The summed E-state index contributed by atoms with van der Waals surface area (Å²) in [6.07, 6.45) is 2.46. The van der Waals surface area contributed by atoms with E-state index in [1.165, 1.54) is 0 Å². The topological polar surface area (TPSA) is 82.1 Å². The first-order chi connectivity index (χ1) is 9.93. The standard InChI is InChI=1S/C14H25N3O4/c1-16-6-3-11(4-7-16)9-17(2)13(20)15-14(12(18)19)5-8-21-10-14/h11H,3-10H2,1-2H3,(H,15,20)(H,18,19). The number of nitrogens with zero attached hydrogens (tertiary/aromatic N) is 2. The number of carbonyl (C=O) groups excluding carboxylic acids is 1. The second kappa shape index (κ2) is 6.62. The van der Waals surface area contributed by atoms with Gasteiger partial charge in [0.2, 0.25) is 0 Å². The number of ether oxygens (including phenoxy) is 1. The number of nitrogens with one attached hydrogen (secondary N) is 1. The van der Waals surface area contributed by atoms with Crippen molar-refractivity contribution >= 4 is 12.0 Å². The zero-order valence-corrected chi connectivity index (χ0v) is 12.8. The van der Waals surface area contributed by atoms with Crippen molar-refractivity contribution in [1.29, 1.82) is 0 Å². The van der Waals surface area contributed by atoms with Crippen LogP contribution in [-0.2, 0) is 9.53 Å². The van der Waals surface area contributed by atoms with E-state index in [0.29, 0.717) is 25.5 Å². The highest BCUT2D eigenvalue weighted by atomic mass is 16.5. The Morgan fingerprint density at radius 1 is 1.43 bits per heavy atom. The van der Waals surface area contributed by atoms with Crippen LogP contribution in [0.3, 0.4) is 0 Å². The minimum absolute atomic E-state index is 0.0378. The smallest absolute Gasteiger partial charge is 0.332 e. The second-order valence-corrected chi connectivity index (χ2v) is 6.25. The number of urea groups is 1. The van der Waals surface area contributed by atoms with Crippen LogP contribution in [0.4, 0.5) is 4.79 Å². The van der Waals surface area contributed by atoms with Crippen molar-refractivity contribution in [3.63, 3.8) is 0 Å². The molecule has 2 N–H and O–H groups in total. The molecule has 0 radical (unpaired) electrons. The van der Waals surface area contributed by atoms with E-state index in [0.717, 1.165) is 25.9 Å². The summed E-state index contributed by atoms with van der Waals surface area (Å²) >= 11 is 0. The maximum absolute atomic E-state index is 12.2. The van der Waals surface area contributed by atoms with Gasteiger partial charge in [-0.1, -0.05) is 0 Å². The predicted molar refractivity (Wildman–Crippen MR) is 77.2 cm³/mol. The molecule has 2 aliphatic heterocycles. The van der Waals surface area contributed by atoms with Gasteiger partial charge >= 0.3 is 12.0 Å². The van der Waals surface area contributed by atoms with E-state index in [4.69, 9.17) is 4.74 Å². The van der Waals surface area contributed by atoms with E-state index in [-0.39, 0.29) is 12.6 Å². The highest BCUT2D eigenvalue weighted by molar-refractivity contribution is 5.86. The summed E-state index contributed by atoms with van der Waals surface area (Å²) in [4.78, 5) is 27.5. The van der Waals surface area contributed by atoms with Crippen molar-refractivity contribution < 1.29 is 19.4 Å². The largest absolute Gasteiger partial charge is 0.479 e. The highest BCUT2D eigenvalue weighted by Crippen LogP contribution is 2.20. The Morgan fingerprint density at radius 3 is 2.62 bits per heavy atom. The van der Waals surface area contributed by atoms with Crippen molar-refractivity contribution in [2.75, 3.05) is 46.9 Å². The number of piperidine rings is 1. The fraction of sp³-hybridized carbons (Fsp3) is 0.857. The van der Waals surface area contributed by atoms with Gasteiger partial charge in [-0.05, 0) is 38.9 Å². The van der Waals surface area contributed by atoms with Gasteiger partial charge in [0.25, 0.3) is 0 Å². The van der Waals surface area contributed by atoms with Crippen LogP contribution < -0.4 is 5.32 Å². The molecule has 0 spiro atoms. The van der Waals surface area contributed by atoms with Crippen LogP contribution in [0.5, 0.6) is 0 Å². The monoisotopic (exact) mass is 299 g/mol. The number of likely N-dealkylation sites (tertiary alicyclic amines) is 1. The molecule has 0 aromatic rings. The van der Waals surface area contributed by atoms with Gasteiger partial charge in [-0.25, -0.2) is 9.59 Å². The van der Waals surface area contributed by atoms with Crippen molar-refractivity contribution in [2.45, 2.75) is 24.8 Å². The van der Waals surface area contributed by atoms with Crippen LogP contribution in [-0.4, -0.2) is 79.4 Å². The van der Waals surface area contributed by atoms with Gasteiger partial charge in [0.15, 0.2) is 5.54 Å². The summed E-state index contributed by atoms with van der Waals surface area (Å²) in [5.41, 5.74) is -1.27. The lowest BCUT2D eigenvalue weighted by atomic mass is 9.96. The third-order valence-corrected chi connectivity index (χ3v) is 4.49. The Morgan fingerprint density at radius 2 is 2.10 bits per heavy atom. The highest BCUT2D eigenvalue weighted by Gasteiger charge is 2.44. The van der Waals surface area contributed by atoms with Crippen LogP contribution in [0.1, 0.15) is 19.3 Å². The molecule has 2 aliphatic rings. The quantitative estimate of drug-likeness (QED) is 0.775. The number of carboxylic acid groups (broad SMARTS) is 1. The minimum atomic E-state index is -1.27. The molecule has 2 rings (SSSR count). The maximum atomic E-state index is 12.2. The summed E-state index contributed by atoms with van der Waals surface area (Å²) < 4.78 is 5.14. The van der Waals surface area contributed by atoms with E-state index in [1.54, 1.807) is 11.9 Å². The molecule has 1 atom stereocenters. The second-order valence-electron chi connectivity index (χ2n) is 6.25. The lowest BCUT2D eigenvalue weighted by Gasteiger charge is -2.33. The van der Waals surface area contributed by atoms with Crippen molar-refractivity contribution in [3.05, 3.63) is 0 Å². The lowest BCUT2D eigenvalue weighted by Crippen LogP contribution is -2.58. The van der Waals surface area contributed by atoms with E-state index in [9.17, 15) is 14.7 Å². The van der Waals surface area contributed by atoms with Crippen LogP contribution in [0.2, 0.25) is 0 Å². The molecule has 2 saturated heterocycles. The molecule has 0 aliphatic carbocycles. The summed E-state index contributed by atoms with van der Waals surface area (Å²) in [5.74, 6) is -0.543. The molecule has 2 heterocycles. The number of carbonyl (C=O) groups is 2. The molecule has 2 fully saturated rings. The van der Waals surface area contributed by atoms with E-state index in [1.807, 2.05) is 0 Å². The molecule has 0 bridgehead atoms. The van der Waals surface area contributed by atoms with Crippen LogP contribution >= 0.6 is 0 Å². The normalized spacial score (nSPS) is 27.5. The number of hydrogen-bond acceptors (Lipinski definition) is 4. The van der Waals surface area contributed by atoms with Crippen LogP contribution in [0.25, 0.3) is 0 Å². The van der Waals surface area contributed by atoms with Gasteiger partial charge in [0.05, 0.1) is 6.61 Å². The van der Waals surface area contributed by atoms with Crippen molar-refractivity contribution in [1.82, 2.24) is 15.1 Å². The Balaban J connectivity index is 1.86. The van der Waals surface area contributed by atoms with Gasteiger partial charge in [0, 0.05) is 26.6 Å². The SMILES string of the molecule is CN1CCC(CN(C)C(=O)NC2(C(=O)O)CCOC2)CC1. The Bertz CT molecular complexity index is 388. The third kappa shape index (κ3) is 3.85. The zero-order chi connectivity index (χ0) is 15.5. The Kier molecular flexibility index (Phi) is 5.05. The predicted octanol–water partition coefficient (Wildman–Crippen LogP) is 0.213. The minimum Gasteiger partial charge on any atom is -0.479 e. The van der Waals surface area contributed by atoms with E-state index >= 15 is 0 Å². The first-order valence-electron chi connectivity index (χ1n) is 7.46. The summed E-state index contributed by atoms with van der Waals surface area (Å²) in [7, 11) is 3.82. The Hall–Kier alpha value is -1.34. The van der Waals surface area contributed by atoms with Crippen molar-refractivity contribution in [2.24, 2.45) is 5.92 Å². The number of carboxylic acids is 1. The zero-order valence-electron chi connectivity index (χ0n) is 12.8. The number of aliphatic carboxylic acids is 1. The molecule has 2 amide bonds. The third-order valence-electron chi connectivity index (χ3n) is 4.49. The molecular weight excluding hydrogens is 274 g/mol. The lowest BCUT2D eigenvalue weighted by molar-refractivity contribution is -0.144. The fourth-order valence-electron chi connectivity index (χ4n) is 2.90. The maximum Gasteiger partial charge on any atom is 0.332 e. The number of amides is 2. The van der Waals surface area contributed by atoms with Crippen LogP contribution in [0.15, 0.2) is 0 Å². The van der Waals surface area contributed by atoms with Gasteiger partial charge < -0.3 is 25.0 Å². The molecule has 0 aromatic carbocycles. The Labute approximate surface area is 125 Å². The average Bonchev–Trinajstić information content (AvgIpc) is 2.91. The van der Waals surface area contributed by atoms with Crippen LogP contribution in [0, 0.1) is 5.92 Å². The average molecular weight is 299 g/mol. The summed E-state index contributed by atoms with van der Waals surface area (Å²) in [6, 6.07) is -0.332. The first kappa shape index (κ1) is 16.0. The molecule has 0 aromatic heterocycles. The summed E-state index contributed by atoms with van der Waals surface area (Å²) in [6.45, 7) is 3.16. The molecule has 1 unspecified atom stereocenters. The fourth-order valence-corrected chi connectivity index (χ4v) is 2.90. The van der Waals surface area contributed by atoms with Gasteiger partial charge in [-0.2, -0.15) is 0 Å². The van der Waals surface area contributed by atoms with E-state index < -0.39 is 11.5 Å². The molecular formula is C14H25N3O4. The first-order valence-corrected chi connectivity index (χ1v) is 7.46. The van der Waals surface area contributed by atoms with Gasteiger partial charge in [0.1, 0.15) is 0 Å². The molecule has 21 heavy (non-hydrogen) atoms. The van der Waals surface area contributed by atoms with Crippen molar-refractivity contribution in [3.8, 4) is 0 Å².